The van der Waals surface area contributed by atoms with Crippen LogP contribution >= 0.6 is 0 Å². The van der Waals surface area contributed by atoms with Crippen molar-refractivity contribution in [1.29, 1.82) is 0 Å². The van der Waals surface area contributed by atoms with E-state index < -0.39 is 0 Å². The molecule has 8 nitrogen and oxygen atoms in total. The average Bonchev–Trinajstić information content (AvgIpc) is 3.60. The van der Waals surface area contributed by atoms with Crippen molar-refractivity contribution < 1.29 is 17.7 Å². The molecule has 0 aliphatic carbocycles. The van der Waals surface area contributed by atoms with Crippen molar-refractivity contribution in [1.82, 2.24) is 20.4 Å². The third-order valence-electron chi connectivity index (χ3n) is 6.22. The van der Waals surface area contributed by atoms with E-state index in [1.54, 1.807) is 0 Å². The van der Waals surface area contributed by atoms with Crippen LogP contribution in [0.15, 0.2) is 66.2 Å². The van der Waals surface area contributed by atoms with E-state index in [1.165, 1.54) is 11.1 Å². The molecule has 8 heteroatoms. The van der Waals surface area contributed by atoms with Gasteiger partial charge in [0.2, 0.25) is 0 Å². The zero-order valence-corrected chi connectivity index (χ0v) is 21.0. The Balaban J connectivity index is 1.29. The maximum atomic E-state index is 5.93. The van der Waals surface area contributed by atoms with Gasteiger partial charge in [0.05, 0.1) is 0 Å². The van der Waals surface area contributed by atoms with E-state index >= 15 is 0 Å². The second-order valence-electron chi connectivity index (χ2n) is 11.1. The number of furan rings is 2. The first-order valence-electron chi connectivity index (χ1n) is 11.8. The van der Waals surface area contributed by atoms with Gasteiger partial charge in [0.15, 0.2) is 11.5 Å². The van der Waals surface area contributed by atoms with Gasteiger partial charge in [-0.15, -0.1) is 20.4 Å². The molecule has 0 fully saturated rings. The van der Waals surface area contributed by atoms with Gasteiger partial charge in [-0.05, 0) is 58.4 Å². The van der Waals surface area contributed by atoms with Crippen LogP contribution in [0.3, 0.4) is 0 Å². The number of fused-ring (bicyclic) bond motifs is 2. The predicted molar refractivity (Wildman–Crippen MR) is 135 cm³/mol. The molecule has 0 unspecified atom stereocenters. The Labute approximate surface area is 207 Å². The number of benzene rings is 2. The fourth-order valence-electron chi connectivity index (χ4n) is 4.05. The Morgan fingerprint density at radius 3 is 1.25 bits per heavy atom. The van der Waals surface area contributed by atoms with Gasteiger partial charge in [-0.1, -0.05) is 53.7 Å². The van der Waals surface area contributed by atoms with Gasteiger partial charge in [-0.2, -0.15) is 0 Å². The number of aromatic nitrogens is 4. The molecule has 0 radical (unpaired) electrons. The minimum absolute atomic E-state index is 0.0354. The lowest BCUT2D eigenvalue weighted by molar-refractivity contribution is 0.498. The summed E-state index contributed by atoms with van der Waals surface area (Å²) < 4.78 is 23.5. The molecule has 0 amide bonds. The second kappa shape index (κ2) is 7.65. The third kappa shape index (κ3) is 3.88. The Kier molecular flexibility index (Phi) is 4.73. The first-order chi connectivity index (χ1) is 17.0. The molecule has 0 spiro atoms. The number of rotatable bonds is 3. The van der Waals surface area contributed by atoms with Gasteiger partial charge in [0.1, 0.15) is 11.2 Å². The fourth-order valence-corrected chi connectivity index (χ4v) is 4.05. The van der Waals surface area contributed by atoms with Crippen LogP contribution in [0.5, 0.6) is 0 Å². The smallest absolute Gasteiger partial charge is 0.306 e. The maximum Gasteiger partial charge on any atom is 0.306 e. The third-order valence-corrected chi connectivity index (χ3v) is 6.22. The summed E-state index contributed by atoms with van der Waals surface area (Å²) in [6.45, 7) is 13.0. The molecule has 0 bridgehead atoms. The SMILES string of the molecule is CC(C)(C)c1ccc2oc(-c3nnc(-c4nnc(-c5cc6cc(C(C)(C)C)ccc6o5)o4)o3)cc2c1. The van der Waals surface area contributed by atoms with Crippen LogP contribution in [0.1, 0.15) is 52.7 Å². The Morgan fingerprint density at radius 1 is 0.472 bits per heavy atom. The molecule has 6 rings (SSSR count). The standard InChI is InChI=1S/C28H26N4O4/c1-27(2,3)17-7-9-19-15(11-17)13-21(33-19)23-29-31-25(35-23)26-32-30-24(36-26)22-14-16-12-18(28(4,5)6)8-10-20(16)34-22/h7-14H,1-6H3. The molecule has 36 heavy (non-hydrogen) atoms. The summed E-state index contributed by atoms with van der Waals surface area (Å²) in [5.74, 6) is 1.62. The van der Waals surface area contributed by atoms with Crippen LogP contribution in [-0.4, -0.2) is 20.4 Å². The highest BCUT2D eigenvalue weighted by molar-refractivity contribution is 5.83. The predicted octanol–water partition coefficient (Wildman–Crippen LogP) is 7.54. The second-order valence-corrected chi connectivity index (χ2v) is 11.1. The van der Waals surface area contributed by atoms with Crippen LogP contribution in [-0.2, 0) is 10.8 Å². The molecule has 2 aromatic carbocycles. The Hall–Kier alpha value is -4.20. The quantitative estimate of drug-likeness (QED) is 0.255. The monoisotopic (exact) mass is 482 g/mol. The number of hydrogen-bond acceptors (Lipinski definition) is 8. The summed E-state index contributed by atoms with van der Waals surface area (Å²) >= 11 is 0. The Bertz CT molecular complexity index is 1590. The lowest BCUT2D eigenvalue weighted by Gasteiger charge is -2.18. The normalized spacial score (nSPS) is 12.7. The largest absolute Gasteiger partial charge is 0.451 e. The van der Waals surface area contributed by atoms with Crippen LogP contribution in [0.25, 0.3) is 57.0 Å². The van der Waals surface area contributed by atoms with Crippen LogP contribution < -0.4 is 0 Å². The topological polar surface area (TPSA) is 104 Å². The minimum atomic E-state index is 0.0354. The molecule has 4 heterocycles. The van der Waals surface area contributed by atoms with Gasteiger partial charge in [-0.3, -0.25) is 0 Å². The lowest BCUT2D eigenvalue weighted by atomic mass is 9.86. The highest BCUT2D eigenvalue weighted by atomic mass is 16.4. The zero-order chi connectivity index (χ0) is 25.2. The first-order valence-corrected chi connectivity index (χ1v) is 11.8. The molecular formula is C28H26N4O4. The summed E-state index contributed by atoms with van der Waals surface area (Å²) in [5.41, 5.74) is 4.00. The Morgan fingerprint density at radius 2 is 0.861 bits per heavy atom. The molecule has 0 aliphatic rings. The van der Waals surface area contributed by atoms with Gasteiger partial charge < -0.3 is 17.7 Å². The molecule has 0 aliphatic heterocycles. The van der Waals surface area contributed by atoms with Gasteiger partial charge in [-0.25, -0.2) is 0 Å². The van der Waals surface area contributed by atoms with E-state index in [9.17, 15) is 0 Å². The van der Waals surface area contributed by atoms with Crippen molar-refractivity contribution in [2.45, 2.75) is 52.4 Å². The van der Waals surface area contributed by atoms with Gasteiger partial charge in [0.25, 0.3) is 11.8 Å². The highest BCUT2D eigenvalue weighted by Gasteiger charge is 2.22. The first kappa shape index (κ1) is 22.3. The van der Waals surface area contributed by atoms with Crippen molar-refractivity contribution in [3.63, 3.8) is 0 Å². The van der Waals surface area contributed by atoms with Crippen molar-refractivity contribution in [2.75, 3.05) is 0 Å². The summed E-state index contributed by atoms with van der Waals surface area (Å²) in [4.78, 5) is 0. The molecule has 0 N–H and O–H groups in total. The van der Waals surface area contributed by atoms with Crippen LogP contribution in [0.4, 0.5) is 0 Å². The van der Waals surface area contributed by atoms with Crippen molar-refractivity contribution in [3.8, 4) is 35.1 Å². The summed E-state index contributed by atoms with van der Waals surface area (Å²) in [6.07, 6.45) is 0. The fraction of sp³-hybridized carbons (Fsp3) is 0.286. The number of hydrogen-bond donors (Lipinski definition) is 0. The van der Waals surface area contributed by atoms with E-state index in [-0.39, 0.29) is 34.4 Å². The molecule has 4 aromatic heterocycles. The summed E-state index contributed by atoms with van der Waals surface area (Å²) in [5, 5.41) is 18.3. The van der Waals surface area contributed by atoms with Crippen molar-refractivity contribution in [2.24, 2.45) is 0 Å². The maximum absolute atomic E-state index is 5.93. The highest BCUT2D eigenvalue weighted by Crippen LogP contribution is 2.34. The van der Waals surface area contributed by atoms with Crippen LogP contribution in [0, 0.1) is 0 Å². The van der Waals surface area contributed by atoms with Crippen LogP contribution in [0.2, 0.25) is 0 Å². The van der Waals surface area contributed by atoms with Crippen molar-refractivity contribution >= 4 is 21.9 Å². The zero-order valence-electron chi connectivity index (χ0n) is 21.0. The molecule has 0 atom stereocenters. The minimum Gasteiger partial charge on any atom is -0.451 e. The molecule has 0 saturated carbocycles. The van der Waals surface area contributed by atoms with E-state index in [2.05, 4.69) is 86.2 Å². The summed E-state index contributed by atoms with van der Waals surface area (Å²) in [6, 6.07) is 16.1. The molecule has 182 valence electrons. The van der Waals surface area contributed by atoms with Crippen molar-refractivity contribution in [3.05, 3.63) is 59.7 Å². The van der Waals surface area contributed by atoms with E-state index in [1.807, 2.05) is 24.3 Å². The summed E-state index contributed by atoms with van der Waals surface area (Å²) in [7, 11) is 0. The van der Waals surface area contributed by atoms with E-state index in [0.29, 0.717) is 11.5 Å². The van der Waals surface area contributed by atoms with E-state index in [4.69, 9.17) is 17.7 Å². The molecule has 0 saturated heterocycles. The average molecular weight is 483 g/mol. The van der Waals surface area contributed by atoms with Gasteiger partial charge in [0, 0.05) is 10.8 Å². The lowest BCUT2D eigenvalue weighted by Crippen LogP contribution is -2.10. The molecular weight excluding hydrogens is 456 g/mol. The van der Waals surface area contributed by atoms with Gasteiger partial charge >= 0.3 is 11.8 Å². The van der Waals surface area contributed by atoms with E-state index in [0.717, 1.165) is 21.9 Å². The molecule has 6 aromatic rings. The number of nitrogens with zero attached hydrogens (tertiary/aromatic N) is 4.